The number of hydrogen-bond donors (Lipinski definition) is 2. The first-order valence-electron chi connectivity index (χ1n) is 13.6. The van der Waals surface area contributed by atoms with Gasteiger partial charge in [0.15, 0.2) is 17.4 Å². The van der Waals surface area contributed by atoms with Crippen LogP contribution in [0.5, 0.6) is 5.75 Å². The summed E-state index contributed by atoms with van der Waals surface area (Å²) in [5, 5.41) is 2.82. The van der Waals surface area contributed by atoms with Crippen molar-refractivity contribution < 1.29 is 27.9 Å². The number of benzene rings is 2. The number of piperazine rings is 1. The highest BCUT2D eigenvalue weighted by Gasteiger charge is 2.37. The van der Waals surface area contributed by atoms with Gasteiger partial charge in [0.05, 0.1) is 29.6 Å². The van der Waals surface area contributed by atoms with E-state index >= 15 is 0 Å². The van der Waals surface area contributed by atoms with Crippen LogP contribution in [-0.2, 0) is 11.8 Å². The molecule has 2 heterocycles. The van der Waals surface area contributed by atoms with Crippen LogP contribution < -0.4 is 15.8 Å². The highest BCUT2D eigenvalue weighted by atomic mass is 35.5. The highest BCUT2D eigenvalue weighted by Crippen LogP contribution is 2.35. The quantitative estimate of drug-likeness (QED) is 0.428. The molecule has 42 heavy (non-hydrogen) atoms. The van der Waals surface area contributed by atoms with Gasteiger partial charge in [-0.25, -0.2) is 9.37 Å². The van der Waals surface area contributed by atoms with E-state index in [9.17, 15) is 23.2 Å². The van der Waals surface area contributed by atoms with Crippen molar-refractivity contribution >= 4 is 35.0 Å². The fourth-order valence-electron chi connectivity index (χ4n) is 5.40. The third-order valence-corrected chi connectivity index (χ3v) is 8.30. The lowest BCUT2D eigenvalue weighted by molar-refractivity contribution is -0.141. The molecule has 0 radical (unpaired) electrons. The number of amides is 3. The zero-order chi connectivity index (χ0) is 30.1. The number of nitrogens with two attached hydrogens (primary N) is 1. The topological polar surface area (TPSA) is 123 Å². The Morgan fingerprint density at radius 3 is 2.40 bits per heavy atom. The van der Waals surface area contributed by atoms with E-state index in [1.165, 1.54) is 49.2 Å². The maximum atomic E-state index is 14.6. The highest BCUT2D eigenvalue weighted by molar-refractivity contribution is 6.34. The molecule has 1 aliphatic carbocycles. The molecule has 1 saturated carbocycles. The summed E-state index contributed by atoms with van der Waals surface area (Å²) in [4.78, 5) is 46.4. The first-order chi connectivity index (χ1) is 20.1. The number of nitrogens with one attached hydrogen (secondary N) is 1. The predicted octanol–water partition coefficient (Wildman–Crippen LogP) is 3.55. The Morgan fingerprint density at radius 2 is 1.76 bits per heavy atom. The summed E-state index contributed by atoms with van der Waals surface area (Å²) in [6.45, 7) is 2.31. The molecule has 5 rings (SSSR count). The van der Waals surface area contributed by atoms with Crippen LogP contribution in [0.2, 0.25) is 5.02 Å². The van der Waals surface area contributed by atoms with E-state index in [0.29, 0.717) is 44.3 Å². The Kier molecular flexibility index (Phi) is 8.46. The minimum absolute atomic E-state index is 0.0296. The summed E-state index contributed by atoms with van der Waals surface area (Å²) in [6.07, 6.45) is 2.93. The van der Waals surface area contributed by atoms with E-state index < -0.39 is 17.5 Å². The average molecular weight is 601 g/mol. The molecule has 1 saturated heterocycles. The molecule has 0 spiro atoms. The summed E-state index contributed by atoms with van der Waals surface area (Å²) in [7, 11) is 2.74. The van der Waals surface area contributed by atoms with Gasteiger partial charge in [0, 0.05) is 50.4 Å². The number of hydrogen-bond acceptors (Lipinski definition) is 6. The van der Waals surface area contributed by atoms with Gasteiger partial charge >= 0.3 is 0 Å². The van der Waals surface area contributed by atoms with E-state index in [1.54, 1.807) is 11.0 Å². The number of anilines is 1. The maximum Gasteiger partial charge on any atom is 0.291 e. The van der Waals surface area contributed by atoms with Crippen LogP contribution in [0.1, 0.15) is 33.8 Å². The van der Waals surface area contributed by atoms with Gasteiger partial charge < -0.3 is 30.2 Å². The van der Waals surface area contributed by atoms with Crippen LogP contribution in [0.15, 0.2) is 36.5 Å². The van der Waals surface area contributed by atoms with Crippen LogP contribution >= 0.6 is 11.6 Å². The lowest BCUT2D eigenvalue weighted by Crippen LogP contribution is -2.53. The number of imidazole rings is 1. The van der Waals surface area contributed by atoms with E-state index in [4.69, 9.17) is 22.1 Å². The zero-order valence-electron chi connectivity index (χ0n) is 23.2. The molecule has 0 bridgehead atoms. The van der Waals surface area contributed by atoms with Crippen LogP contribution in [0.4, 0.5) is 14.5 Å². The van der Waals surface area contributed by atoms with Gasteiger partial charge in [-0.1, -0.05) is 11.6 Å². The normalized spacial score (nSPS) is 18.4. The number of nitrogens with zero attached hydrogens (tertiary/aromatic N) is 4. The Labute approximate surface area is 246 Å². The minimum atomic E-state index is -1.14. The number of carbonyl (C=O) groups excluding carboxylic acids is 3. The summed E-state index contributed by atoms with van der Waals surface area (Å²) >= 11 is 6.44. The van der Waals surface area contributed by atoms with Gasteiger partial charge in [0.25, 0.3) is 11.8 Å². The third kappa shape index (κ3) is 5.56. The van der Waals surface area contributed by atoms with Gasteiger partial charge in [-0.15, -0.1) is 0 Å². The third-order valence-electron chi connectivity index (χ3n) is 7.99. The lowest BCUT2D eigenvalue weighted by Gasteiger charge is -2.40. The molecule has 0 atom stereocenters. The molecule has 3 aromatic rings. The van der Waals surface area contributed by atoms with Crippen LogP contribution in [0, 0.1) is 23.5 Å². The Bertz CT molecular complexity index is 1530. The fourth-order valence-corrected chi connectivity index (χ4v) is 5.66. The second-order valence-electron chi connectivity index (χ2n) is 10.5. The summed E-state index contributed by atoms with van der Waals surface area (Å²) in [5.41, 5.74) is 6.37. The molecule has 0 unspecified atom stereocenters. The molecular weight excluding hydrogens is 570 g/mol. The zero-order valence-corrected chi connectivity index (χ0v) is 24.0. The van der Waals surface area contributed by atoms with Crippen LogP contribution in [-0.4, -0.2) is 76.9 Å². The molecule has 1 aromatic heterocycles. The van der Waals surface area contributed by atoms with E-state index in [1.807, 2.05) is 4.90 Å². The number of carbonyl (C=O) groups is 3. The number of rotatable bonds is 7. The standard InChI is InChI=1S/C29H31ClF2N6O4/c1-36-22(20-5-6-23(42-2)25(32)24(20)31)15-34-26(36)27(39)35-18-3-4-19(21(30)13-18)29(41)38-9-7-37(8-10-38)28(40)17-11-16(12-17)14-33/h3-6,13,15-17H,7-12,14,33H2,1-2H3,(H,35,39). The van der Waals surface area contributed by atoms with Crippen LogP contribution in [0.25, 0.3) is 11.3 Å². The van der Waals surface area contributed by atoms with Crippen molar-refractivity contribution in [2.45, 2.75) is 12.8 Å². The first-order valence-corrected chi connectivity index (χ1v) is 13.9. The van der Waals surface area contributed by atoms with Crippen molar-refractivity contribution in [1.29, 1.82) is 0 Å². The minimum Gasteiger partial charge on any atom is -0.494 e. The predicted molar refractivity (Wildman–Crippen MR) is 152 cm³/mol. The van der Waals surface area contributed by atoms with Crippen molar-refractivity contribution in [3.8, 4) is 17.0 Å². The molecule has 2 fully saturated rings. The van der Waals surface area contributed by atoms with E-state index in [2.05, 4.69) is 10.3 Å². The summed E-state index contributed by atoms with van der Waals surface area (Å²) in [6, 6.07) is 7.16. The maximum absolute atomic E-state index is 14.6. The van der Waals surface area contributed by atoms with Gasteiger partial charge in [0.2, 0.25) is 11.7 Å². The largest absolute Gasteiger partial charge is 0.494 e. The van der Waals surface area contributed by atoms with Crippen molar-refractivity contribution in [2.24, 2.45) is 24.6 Å². The molecule has 3 amide bonds. The van der Waals surface area contributed by atoms with Crippen molar-refractivity contribution in [2.75, 3.05) is 45.2 Å². The van der Waals surface area contributed by atoms with Gasteiger partial charge in [-0.05, 0) is 55.6 Å². The Morgan fingerprint density at radius 1 is 1.07 bits per heavy atom. The summed E-state index contributed by atoms with van der Waals surface area (Å²) < 4.78 is 35.0. The molecule has 3 N–H and O–H groups in total. The second-order valence-corrected chi connectivity index (χ2v) is 10.9. The number of aromatic nitrogens is 2. The average Bonchev–Trinajstić information content (AvgIpc) is 3.34. The number of methoxy groups -OCH3 is 1. The smallest absolute Gasteiger partial charge is 0.291 e. The molecule has 13 heteroatoms. The van der Waals surface area contributed by atoms with Crippen molar-refractivity contribution in [3.63, 3.8) is 0 Å². The first kappa shape index (κ1) is 29.5. The molecule has 2 aromatic carbocycles. The molecule has 222 valence electrons. The SMILES string of the molecule is COc1ccc(-c2cnc(C(=O)Nc3ccc(C(=O)N4CCN(C(=O)C5CC(CN)C5)CC4)c(Cl)c3)n2C)c(F)c1F. The van der Waals surface area contributed by atoms with Crippen molar-refractivity contribution in [1.82, 2.24) is 19.4 Å². The van der Waals surface area contributed by atoms with Crippen LogP contribution in [0.3, 0.4) is 0 Å². The second kappa shape index (κ2) is 12.1. The van der Waals surface area contributed by atoms with Gasteiger partial charge in [-0.2, -0.15) is 4.39 Å². The Balaban J connectivity index is 1.21. The van der Waals surface area contributed by atoms with E-state index in [0.717, 1.165) is 12.8 Å². The number of halogens is 3. The molecular formula is C29H31ClF2N6O4. The lowest BCUT2D eigenvalue weighted by atomic mass is 9.74. The van der Waals surface area contributed by atoms with Crippen molar-refractivity contribution in [3.05, 3.63) is 64.6 Å². The van der Waals surface area contributed by atoms with E-state index in [-0.39, 0.29) is 51.1 Å². The van der Waals surface area contributed by atoms with Gasteiger partial charge in [-0.3, -0.25) is 14.4 Å². The fraction of sp³-hybridized carbons (Fsp3) is 0.379. The monoisotopic (exact) mass is 600 g/mol. The molecule has 1 aliphatic heterocycles. The molecule has 10 nitrogen and oxygen atoms in total. The van der Waals surface area contributed by atoms with Gasteiger partial charge in [0.1, 0.15) is 0 Å². The number of ether oxygens (including phenoxy) is 1. The Hall–Kier alpha value is -4.03. The summed E-state index contributed by atoms with van der Waals surface area (Å²) in [5.74, 6) is -2.85. The molecule has 2 aliphatic rings.